The fourth-order valence-corrected chi connectivity index (χ4v) is 1.98. The van der Waals surface area contributed by atoms with Gasteiger partial charge in [-0.15, -0.1) is 5.10 Å². The Morgan fingerprint density at radius 3 is 2.68 bits per heavy atom. The second-order valence-electron chi connectivity index (χ2n) is 4.41. The lowest BCUT2D eigenvalue weighted by Crippen LogP contribution is -2.40. The van der Waals surface area contributed by atoms with Gasteiger partial charge in [0.1, 0.15) is 6.10 Å². The molecule has 1 aromatic heterocycles. The third-order valence-electron chi connectivity index (χ3n) is 3.05. The zero-order valence-corrected chi connectivity index (χ0v) is 10.6. The molecule has 102 valence electrons. The third-order valence-corrected chi connectivity index (χ3v) is 3.05. The van der Waals surface area contributed by atoms with Crippen LogP contribution in [-0.4, -0.2) is 51.3 Å². The van der Waals surface area contributed by atoms with Crippen molar-refractivity contribution in [3.05, 3.63) is 17.8 Å². The van der Waals surface area contributed by atoms with E-state index in [4.69, 9.17) is 9.84 Å². The Kier molecular flexibility index (Phi) is 3.94. The van der Waals surface area contributed by atoms with Crippen LogP contribution in [0.5, 0.6) is 5.88 Å². The molecule has 2 rings (SSSR count). The van der Waals surface area contributed by atoms with Crippen molar-refractivity contribution in [2.45, 2.75) is 25.9 Å². The molecule has 0 spiro atoms. The van der Waals surface area contributed by atoms with Crippen LogP contribution in [0.1, 0.15) is 30.1 Å². The molecule has 7 heteroatoms. The first-order valence-corrected chi connectivity index (χ1v) is 6.04. The summed E-state index contributed by atoms with van der Waals surface area (Å²) in [6.07, 6.45) is 2.53. The number of nitrogens with zero attached hydrogens (tertiary/aromatic N) is 3. The molecule has 0 unspecified atom stereocenters. The lowest BCUT2D eigenvalue weighted by atomic mass is 10.1. The maximum Gasteiger partial charge on any atom is 0.337 e. The highest BCUT2D eigenvalue weighted by Gasteiger charge is 2.22. The Labute approximate surface area is 110 Å². The Hall–Kier alpha value is -2.18. The van der Waals surface area contributed by atoms with Gasteiger partial charge in [0.25, 0.3) is 0 Å². The Balaban J connectivity index is 1.94. The molecule has 0 aromatic carbocycles. The second kappa shape index (κ2) is 5.64. The summed E-state index contributed by atoms with van der Waals surface area (Å²) in [6, 6.07) is 1.35. The van der Waals surface area contributed by atoms with Crippen molar-refractivity contribution in [3.8, 4) is 5.88 Å². The van der Waals surface area contributed by atoms with Crippen LogP contribution in [0.25, 0.3) is 0 Å². The molecule has 0 aliphatic carbocycles. The van der Waals surface area contributed by atoms with E-state index in [2.05, 4.69) is 10.2 Å². The Bertz CT molecular complexity index is 484. The molecule has 19 heavy (non-hydrogen) atoms. The van der Waals surface area contributed by atoms with Crippen LogP contribution in [-0.2, 0) is 4.79 Å². The van der Waals surface area contributed by atoms with E-state index >= 15 is 0 Å². The average molecular weight is 265 g/mol. The van der Waals surface area contributed by atoms with Crippen LogP contribution in [0, 0.1) is 0 Å². The fourth-order valence-electron chi connectivity index (χ4n) is 1.98. The standard InChI is InChI=1S/C12H15N3O4/c1-8(16)15-4-2-10(3-5-15)19-11-6-9(12(17)18)7-13-14-11/h6-7,10H,2-5H2,1H3,(H,17,18). The van der Waals surface area contributed by atoms with Gasteiger partial charge in [0.15, 0.2) is 0 Å². The van der Waals surface area contributed by atoms with Crippen molar-refractivity contribution in [3.63, 3.8) is 0 Å². The predicted octanol–water partition coefficient (Wildman–Crippen LogP) is 0.565. The third kappa shape index (κ3) is 3.40. The normalized spacial score (nSPS) is 16.2. The number of ether oxygens (including phenoxy) is 1. The van der Waals surface area contributed by atoms with E-state index in [0.717, 1.165) is 0 Å². The highest BCUT2D eigenvalue weighted by molar-refractivity contribution is 5.87. The van der Waals surface area contributed by atoms with Crippen molar-refractivity contribution in [1.29, 1.82) is 0 Å². The maximum atomic E-state index is 11.2. The molecule has 0 bridgehead atoms. The van der Waals surface area contributed by atoms with Gasteiger partial charge in [0, 0.05) is 38.9 Å². The van der Waals surface area contributed by atoms with Crippen molar-refractivity contribution < 1.29 is 19.4 Å². The summed E-state index contributed by atoms with van der Waals surface area (Å²) in [5, 5.41) is 16.2. The summed E-state index contributed by atoms with van der Waals surface area (Å²) in [7, 11) is 0. The largest absolute Gasteiger partial charge is 0.478 e. The van der Waals surface area contributed by atoms with Crippen molar-refractivity contribution in [2.24, 2.45) is 0 Å². The summed E-state index contributed by atoms with van der Waals surface area (Å²) in [4.78, 5) is 23.7. The molecule has 1 aromatic rings. The number of hydrogen-bond donors (Lipinski definition) is 1. The zero-order chi connectivity index (χ0) is 13.8. The van der Waals surface area contributed by atoms with Crippen molar-refractivity contribution >= 4 is 11.9 Å². The quantitative estimate of drug-likeness (QED) is 0.858. The summed E-state index contributed by atoms with van der Waals surface area (Å²) < 4.78 is 5.60. The molecule has 1 aliphatic rings. The fraction of sp³-hybridized carbons (Fsp3) is 0.500. The van der Waals surface area contributed by atoms with Gasteiger partial charge in [-0.05, 0) is 0 Å². The van der Waals surface area contributed by atoms with Crippen LogP contribution in [0.15, 0.2) is 12.3 Å². The topological polar surface area (TPSA) is 92.6 Å². The number of carbonyl (C=O) groups excluding carboxylic acids is 1. The van der Waals surface area contributed by atoms with E-state index < -0.39 is 5.97 Å². The Morgan fingerprint density at radius 1 is 1.42 bits per heavy atom. The molecular formula is C12H15N3O4. The van der Waals surface area contributed by atoms with Gasteiger partial charge in [-0.2, -0.15) is 5.10 Å². The minimum absolute atomic E-state index is 0.0474. The predicted molar refractivity (Wildman–Crippen MR) is 64.9 cm³/mol. The SMILES string of the molecule is CC(=O)N1CCC(Oc2cc(C(=O)O)cnn2)CC1. The molecule has 1 saturated heterocycles. The highest BCUT2D eigenvalue weighted by Crippen LogP contribution is 2.17. The van der Waals surface area contributed by atoms with Crippen molar-refractivity contribution in [1.82, 2.24) is 15.1 Å². The van der Waals surface area contributed by atoms with E-state index in [1.165, 1.54) is 12.3 Å². The van der Waals surface area contributed by atoms with Crippen LogP contribution in [0.3, 0.4) is 0 Å². The maximum absolute atomic E-state index is 11.2. The molecule has 1 fully saturated rings. The molecular weight excluding hydrogens is 250 g/mol. The van der Waals surface area contributed by atoms with Crippen LogP contribution >= 0.6 is 0 Å². The van der Waals surface area contributed by atoms with Crippen LogP contribution in [0.4, 0.5) is 0 Å². The zero-order valence-electron chi connectivity index (χ0n) is 10.6. The number of carboxylic acids is 1. The van der Waals surface area contributed by atoms with E-state index in [-0.39, 0.29) is 23.5 Å². The summed E-state index contributed by atoms with van der Waals surface area (Å²) >= 11 is 0. The molecule has 2 heterocycles. The lowest BCUT2D eigenvalue weighted by molar-refractivity contribution is -0.130. The van der Waals surface area contributed by atoms with E-state index in [1.54, 1.807) is 11.8 Å². The van der Waals surface area contributed by atoms with Crippen LogP contribution in [0.2, 0.25) is 0 Å². The average Bonchev–Trinajstić information content (AvgIpc) is 2.39. The first kappa shape index (κ1) is 13.3. The van der Waals surface area contributed by atoms with Crippen molar-refractivity contribution in [2.75, 3.05) is 13.1 Å². The molecule has 0 atom stereocenters. The Morgan fingerprint density at radius 2 is 2.11 bits per heavy atom. The van der Waals surface area contributed by atoms with Gasteiger partial charge in [-0.25, -0.2) is 4.79 Å². The summed E-state index contributed by atoms with van der Waals surface area (Å²) in [5.41, 5.74) is 0.0474. The highest BCUT2D eigenvalue weighted by atomic mass is 16.5. The number of carbonyl (C=O) groups is 2. The van der Waals surface area contributed by atoms with Gasteiger partial charge in [0.05, 0.1) is 11.8 Å². The van der Waals surface area contributed by atoms with Gasteiger partial charge < -0.3 is 14.7 Å². The number of piperidine rings is 1. The van der Waals surface area contributed by atoms with E-state index in [9.17, 15) is 9.59 Å². The van der Waals surface area contributed by atoms with E-state index in [0.29, 0.717) is 25.9 Å². The summed E-state index contributed by atoms with van der Waals surface area (Å²) in [6.45, 7) is 2.83. The number of carboxylic acid groups (broad SMARTS) is 1. The number of rotatable bonds is 3. The molecule has 7 nitrogen and oxygen atoms in total. The van der Waals surface area contributed by atoms with Crippen LogP contribution < -0.4 is 4.74 Å². The van der Waals surface area contributed by atoms with E-state index in [1.807, 2.05) is 0 Å². The molecule has 0 saturated carbocycles. The lowest BCUT2D eigenvalue weighted by Gasteiger charge is -2.31. The van der Waals surface area contributed by atoms with Gasteiger partial charge in [-0.1, -0.05) is 0 Å². The number of aromatic carboxylic acids is 1. The molecule has 0 radical (unpaired) electrons. The minimum Gasteiger partial charge on any atom is -0.478 e. The monoisotopic (exact) mass is 265 g/mol. The smallest absolute Gasteiger partial charge is 0.337 e. The minimum atomic E-state index is -1.06. The molecule has 1 amide bonds. The van der Waals surface area contributed by atoms with Gasteiger partial charge in [-0.3, -0.25) is 4.79 Å². The number of likely N-dealkylation sites (tertiary alicyclic amines) is 1. The first-order chi connectivity index (χ1) is 9.06. The second-order valence-corrected chi connectivity index (χ2v) is 4.41. The van der Waals surface area contributed by atoms with Gasteiger partial charge >= 0.3 is 5.97 Å². The van der Waals surface area contributed by atoms with Gasteiger partial charge in [0.2, 0.25) is 11.8 Å². The first-order valence-electron chi connectivity index (χ1n) is 6.04. The molecule has 1 N–H and O–H groups in total. The molecule has 1 aliphatic heterocycles. The number of hydrogen-bond acceptors (Lipinski definition) is 5. The number of aromatic nitrogens is 2. The summed E-state index contributed by atoms with van der Waals surface area (Å²) in [5.74, 6) is -0.793. The number of amides is 1.